The molecule has 8 heteroatoms. The summed E-state index contributed by atoms with van der Waals surface area (Å²) in [5, 5.41) is 14.5. The van der Waals surface area contributed by atoms with Crippen LogP contribution in [0.1, 0.15) is 31.9 Å². The summed E-state index contributed by atoms with van der Waals surface area (Å²) in [4.78, 5) is 40.2. The van der Waals surface area contributed by atoms with Crippen LogP contribution in [-0.2, 0) is 16.6 Å². The lowest BCUT2D eigenvalue weighted by Crippen LogP contribution is -2.46. The zero-order chi connectivity index (χ0) is 24.6. The highest BCUT2D eigenvalue weighted by Gasteiger charge is 2.32. The van der Waals surface area contributed by atoms with Crippen molar-refractivity contribution in [3.8, 4) is 11.6 Å². The third-order valence-electron chi connectivity index (χ3n) is 5.53. The molecule has 3 aromatic carbocycles. The second kappa shape index (κ2) is 8.91. The van der Waals surface area contributed by atoms with Gasteiger partial charge in [-0.1, -0.05) is 62.7 Å². The molecule has 4 aromatic rings. The summed E-state index contributed by atoms with van der Waals surface area (Å²) in [6, 6.07) is 15.2. The summed E-state index contributed by atoms with van der Waals surface area (Å²) in [7, 11) is 0. The summed E-state index contributed by atoms with van der Waals surface area (Å²) in [5.74, 6) is -0.237. The quantitative estimate of drug-likeness (QED) is 0.293. The fraction of sp³-hybridized carbons (Fsp3) is 0.231. The Bertz CT molecular complexity index is 1450. The van der Waals surface area contributed by atoms with Gasteiger partial charge in [-0.15, -0.1) is 0 Å². The summed E-state index contributed by atoms with van der Waals surface area (Å²) in [5.41, 5.74) is -0.679. The number of anilines is 1. The molecule has 1 aromatic heterocycles. The number of benzene rings is 2. The number of hydrogen-bond donors (Lipinski definition) is 2. The number of pyridine rings is 1. The number of rotatable bonds is 7. The lowest BCUT2D eigenvalue weighted by molar-refractivity contribution is -0.137. The predicted octanol–water partition coefficient (Wildman–Crippen LogP) is 4.68. The Labute approximate surface area is 200 Å². The lowest BCUT2D eigenvalue weighted by Gasteiger charge is -2.26. The van der Waals surface area contributed by atoms with E-state index in [4.69, 9.17) is 16.3 Å². The van der Waals surface area contributed by atoms with Gasteiger partial charge in [0.1, 0.15) is 16.9 Å². The number of ether oxygens (including phenoxy) is 1. The first-order chi connectivity index (χ1) is 16.0. The number of nitrogens with zero attached hydrogens (tertiary/aromatic N) is 1. The third-order valence-corrected chi connectivity index (χ3v) is 5.72. The van der Waals surface area contributed by atoms with Crippen molar-refractivity contribution >= 4 is 34.0 Å². The highest BCUT2D eigenvalue weighted by atomic mass is 35.5. The lowest BCUT2D eigenvalue weighted by atomic mass is 9.82. The van der Waals surface area contributed by atoms with Crippen molar-refractivity contribution in [2.24, 2.45) is 0 Å². The Morgan fingerprint density at radius 1 is 1.09 bits per heavy atom. The molecule has 0 fully saturated rings. The first kappa shape index (κ1) is 23.4. The van der Waals surface area contributed by atoms with Crippen molar-refractivity contribution in [2.45, 2.75) is 38.6 Å². The van der Waals surface area contributed by atoms with Crippen molar-refractivity contribution in [1.82, 2.24) is 4.98 Å². The van der Waals surface area contributed by atoms with Crippen LogP contribution in [0.2, 0.25) is 5.15 Å². The van der Waals surface area contributed by atoms with E-state index in [1.54, 1.807) is 51.1 Å². The molecule has 0 amide bonds. The summed E-state index contributed by atoms with van der Waals surface area (Å²) in [6.07, 6.45) is 0.107. The van der Waals surface area contributed by atoms with Gasteiger partial charge in [0.05, 0.1) is 5.69 Å². The van der Waals surface area contributed by atoms with E-state index in [2.05, 4.69) is 10.3 Å². The summed E-state index contributed by atoms with van der Waals surface area (Å²) >= 11 is 6.12. The van der Waals surface area contributed by atoms with Crippen LogP contribution in [-0.4, -0.2) is 22.1 Å². The van der Waals surface area contributed by atoms with E-state index in [9.17, 15) is 19.5 Å². The molecule has 1 unspecified atom stereocenters. The number of nitrogens with one attached hydrogen (secondary N) is 1. The monoisotopic (exact) mass is 478 g/mol. The molecular formula is C26H23ClN2O5. The molecule has 0 aliphatic heterocycles. The highest BCUT2D eigenvalue weighted by molar-refractivity contribution is 6.30. The molecule has 7 nitrogen and oxygen atoms in total. The number of carboxylic acid groups (broad SMARTS) is 1. The smallest absolute Gasteiger partial charge is 0.326 e. The van der Waals surface area contributed by atoms with Gasteiger partial charge in [-0.25, -0.2) is 9.78 Å². The number of hydrogen-bond acceptors (Lipinski definition) is 6. The van der Waals surface area contributed by atoms with Crippen LogP contribution in [0.25, 0.3) is 10.8 Å². The first-order valence-corrected chi connectivity index (χ1v) is 11.1. The second-order valence-corrected chi connectivity index (χ2v) is 9.50. The Hall–Kier alpha value is -3.71. The minimum absolute atomic E-state index is 0.0868. The number of carbonyl (C=O) groups is 1. The van der Waals surface area contributed by atoms with E-state index in [0.717, 1.165) is 10.8 Å². The third kappa shape index (κ3) is 4.65. The van der Waals surface area contributed by atoms with Gasteiger partial charge >= 0.3 is 5.97 Å². The van der Waals surface area contributed by atoms with Gasteiger partial charge in [0.2, 0.25) is 16.7 Å². The molecule has 0 saturated carbocycles. The van der Waals surface area contributed by atoms with Crippen molar-refractivity contribution < 1.29 is 14.6 Å². The van der Waals surface area contributed by atoms with E-state index in [-0.39, 0.29) is 12.1 Å². The molecule has 1 heterocycles. The maximum absolute atomic E-state index is 12.1. The van der Waals surface area contributed by atoms with Crippen LogP contribution >= 0.6 is 11.6 Å². The van der Waals surface area contributed by atoms with Crippen molar-refractivity contribution in [1.29, 1.82) is 0 Å². The minimum Gasteiger partial charge on any atom is -0.480 e. The molecule has 0 aliphatic rings. The van der Waals surface area contributed by atoms with Gasteiger partial charge < -0.3 is 15.2 Å². The second-order valence-electron chi connectivity index (χ2n) is 9.11. The van der Waals surface area contributed by atoms with Gasteiger partial charge in [-0.2, -0.15) is 0 Å². The number of halogens is 1. The molecule has 4 rings (SSSR count). The zero-order valence-corrected chi connectivity index (χ0v) is 19.6. The molecular weight excluding hydrogens is 456 g/mol. The molecule has 34 heavy (non-hydrogen) atoms. The van der Waals surface area contributed by atoms with E-state index in [0.29, 0.717) is 27.9 Å². The Kier molecular flexibility index (Phi) is 6.15. The maximum atomic E-state index is 12.1. The number of aliphatic carboxylic acids is 1. The van der Waals surface area contributed by atoms with Gasteiger partial charge in [-0.3, -0.25) is 9.59 Å². The standard InChI is InChI=1S/C26H23ClN2O5/c1-26(2,3)20-21(23(31)22(20)30)28-18(25(32)33)12-14-8-10-16(11-9-14)34-24-17-7-5-4-6-15(17)13-19(27)29-24/h4-11,13,18,28H,12H2,1-3H3,(H,32,33). The van der Waals surface area contributed by atoms with Crippen LogP contribution < -0.4 is 20.9 Å². The largest absolute Gasteiger partial charge is 0.480 e. The zero-order valence-electron chi connectivity index (χ0n) is 18.9. The molecule has 174 valence electrons. The Balaban J connectivity index is 1.52. The maximum Gasteiger partial charge on any atom is 0.326 e. The average molecular weight is 479 g/mol. The van der Waals surface area contributed by atoms with Crippen LogP contribution in [0.4, 0.5) is 5.69 Å². The van der Waals surface area contributed by atoms with Gasteiger partial charge in [0.15, 0.2) is 0 Å². The summed E-state index contributed by atoms with van der Waals surface area (Å²) < 4.78 is 5.93. The topological polar surface area (TPSA) is 106 Å². The Morgan fingerprint density at radius 2 is 1.76 bits per heavy atom. The molecule has 0 bridgehead atoms. The van der Waals surface area contributed by atoms with Gasteiger partial charge in [0.25, 0.3) is 0 Å². The molecule has 2 N–H and O–H groups in total. The fourth-order valence-electron chi connectivity index (χ4n) is 3.87. The fourth-order valence-corrected chi connectivity index (χ4v) is 4.07. The molecule has 1 atom stereocenters. The number of aromatic nitrogens is 1. The average Bonchev–Trinajstić information content (AvgIpc) is 2.77. The van der Waals surface area contributed by atoms with E-state index in [1.807, 2.05) is 24.3 Å². The number of carboxylic acids is 1. The normalized spacial score (nSPS) is 12.6. The molecule has 0 saturated heterocycles. The SMILES string of the molecule is CC(C)(C)c1c(NC(Cc2ccc(Oc3nc(Cl)cc4ccccc34)cc2)C(=O)O)c(=O)c1=O. The van der Waals surface area contributed by atoms with Gasteiger partial charge in [-0.05, 0) is 40.6 Å². The van der Waals surface area contributed by atoms with Crippen molar-refractivity contribution in [2.75, 3.05) is 5.32 Å². The van der Waals surface area contributed by atoms with Crippen LogP contribution in [0, 0.1) is 0 Å². The van der Waals surface area contributed by atoms with Crippen molar-refractivity contribution in [3.63, 3.8) is 0 Å². The van der Waals surface area contributed by atoms with Crippen LogP contribution in [0.5, 0.6) is 11.6 Å². The first-order valence-electron chi connectivity index (χ1n) is 10.7. The minimum atomic E-state index is -1.12. The molecule has 0 radical (unpaired) electrons. The highest BCUT2D eigenvalue weighted by Crippen LogP contribution is 2.31. The summed E-state index contributed by atoms with van der Waals surface area (Å²) in [6.45, 7) is 5.42. The van der Waals surface area contributed by atoms with Crippen LogP contribution in [0.3, 0.4) is 0 Å². The van der Waals surface area contributed by atoms with E-state index in [1.165, 1.54) is 0 Å². The van der Waals surface area contributed by atoms with Gasteiger partial charge in [0, 0.05) is 17.4 Å². The number of fused-ring (bicyclic) bond motifs is 1. The molecule has 0 aliphatic carbocycles. The van der Waals surface area contributed by atoms with Crippen molar-refractivity contribution in [3.05, 3.63) is 91.3 Å². The van der Waals surface area contributed by atoms with Crippen LogP contribution in [0.15, 0.2) is 64.2 Å². The van der Waals surface area contributed by atoms with E-state index >= 15 is 0 Å². The Morgan fingerprint density at radius 3 is 2.41 bits per heavy atom. The molecule has 0 spiro atoms. The van der Waals surface area contributed by atoms with E-state index < -0.39 is 28.3 Å². The predicted molar refractivity (Wildman–Crippen MR) is 132 cm³/mol.